The van der Waals surface area contributed by atoms with Gasteiger partial charge in [0.05, 0.1) is 6.10 Å². The first-order chi connectivity index (χ1) is 6.59. The van der Waals surface area contributed by atoms with Crippen LogP contribution in [0, 0.1) is 0 Å². The first-order valence-corrected chi connectivity index (χ1v) is 4.90. The lowest BCUT2D eigenvalue weighted by Crippen LogP contribution is -2.42. The van der Waals surface area contributed by atoms with Gasteiger partial charge in [-0.15, -0.1) is 0 Å². The Morgan fingerprint density at radius 2 is 2.21 bits per heavy atom. The highest BCUT2D eigenvalue weighted by Gasteiger charge is 2.19. The second kappa shape index (κ2) is 7.73. The third kappa shape index (κ3) is 5.90. The van der Waals surface area contributed by atoms with Crippen LogP contribution < -0.4 is 11.1 Å². The highest BCUT2D eigenvalue weighted by Crippen LogP contribution is 1.91. The van der Waals surface area contributed by atoms with Gasteiger partial charge in [-0.3, -0.25) is 4.79 Å². The highest BCUT2D eigenvalue weighted by molar-refractivity contribution is 5.76. The molecule has 0 rings (SSSR count). The topological polar surface area (TPSA) is 84.6 Å². The zero-order valence-corrected chi connectivity index (χ0v) is 8.82. The third-order valence-corrected chi connectivity index (χ3v) is 1.74. The van der Waals surface area contributed by atoms with Gasteiger partial charge in [0.2, 0.25) is 0 Å². The van der Waals surface area contributed by atoms with Crippen LogP contribution >= 0.6 is 0 Å². The molecule has 2 unspecified atom stereocenters. The van der Waals surface area contributed by atoms with Crippen molar-refractivity contribution < 1.29 is 14.6 Å². The van der Waals surface area contributed by atoms with Crippen molar-refractivity contribution in [2.75, 3.05) is 19.7 Å². The molecule has 0 aliphatic carbocycles. The molecule has 0 fully saturated rings. The van der Waals surface area contributed by atoms with Gasteiger partial charge in [-0.2, -0.15) is 0 Å². The second-order valence-corrected chi connectivity index (χ2v) is 3.18. The smallest absolute Gasteiger partial charge is 0.325 e. The molecule has 0 amide bonds. The molecule has 0 aromatic rings. The van der Waals surface area contributed by atoms with Crippen molar-refractivity contribution in [2.45, 2.75) is 32.4 Å². The van der Waals surface area contributed by atoms with Gasteiger partial charge in [-0.05, 0) is 19.9 Å². The number of esters is 1. The Labute approximate surface area is 84.6 Å². The summed E-state index contributed by atoms with van der Waals surface area (Å²) in [5.41, 5.74) is 5.36. The Hall–Kier alpha value is -0.650. The van der Waals surface area contributed by atoms with E-state index in [0.29, 0.717) is 13.2 Å². The summed E-state index contributed by atoms with van der Waals surface area (Å²) in [6.45, 7) is 5.33. The zero-order valence-electron chi connectivity index (χ0n) is 8.82. The molecule has 0 radical (unpaired) electrons. The van der Waals surface area contributed by atoms with Crippen LogP contribution in [0.4, 0.5) is 0 Å². The average Bonchev–Trinajstić information content (AvgIpc) is 2.16. The van der Waals surface area contributed by atoms with Gasteiger partial charge in [0.25, 0.3) is 0 Å². The van der Waals surface area contributed by atoms with E-state index in [4.69, 9.17) is 15.6 Å². The minimum atomic E-state index is -0.943. The van der Waals surface area contributed by atoms with Crippen molar-refractivity contribution in [1.82, 2.24) is 5.32 Å². The number of carbonyl (C=O) groups excluding carboxylic acids is 1. The first kappa shape index (κ1) is 13.4. The van der Waals surface area contributed by atoms with Crippen LogP contribution in [0.3, 0.4) is 0 Å². The molecule has 0 aliphatic heterocycles. The van der Waals surface area contributed by atoms with E-state index in [1.54, 1.807) is 0 Å². The van der Waals surface area contributed by atoms with Gasteiger partial charge in [0.1, 0.15) is 12.6 Å². The van der Waals surface area contributed by atoms with Crippen molar-refractivity contribution in [3.8, 4) is 0 Å². The molecule has 5 nitrogen and oxygen atoms in total. The van der Waals surface area contributed by atoms with Crippen LogP contribution in [0.2, 0.25) is 0 Å². The van der Waals surface area contributed by atoms with Crippen LogP contribution in [-0.4, -0.2) is 42.9 Å². The minimum Gasteiger partial charge on any atom is -0.463 e. The van der Waals surface area contributed by atoms with Gasteiger partial charge in [0, 0.05) is 6.54 Å². The quantitative estimate of drug-likeness (QED) is 0.375. The van der Waals surface area contributed by atoms with E-state index in [9.17, 15) is 4.79 Å². The fourth-order valence-corrected chi connectivity index (χ4v) is 0.819. The largest absolute Gasteiger partial charge is 0.463 e. The molecule has 14 heavy (non-hydrogen) atoms. The summed E-state index contributed by atoms with van der Waals surface area (Å²) in [5.74, 6) is -0.557. The molecule has 0 heterocycles. The van der Waals surface area contributed by atoms with E-state index >= 15 is 0 Å². The number of ether oxygens (including phenoxy) is 1. The van der Waals surface area contributed by atoms with Crippen LogP contribution in [0.25, 0.3) is 0 Å². The maximum Gasteiger partial charge on any atom is 0.325 e. The van der Waals surface area contributed by atoms with E-state index in [1.807, 2.05) is 0 Å². The second-order valence-electron chi connectivity index (χ2n) is 3.18. The number of rotatable bonds is 7. The van der Waals surface area contributed by atoms with E-state index in [2.05, 4.69) is 12.2 Å². The molecule has 2 atom stereocenters. The Balaban J connectivity index is 3.44. The van der Waals surface area contributed by atoms with Crippen molar-refractivity contribution in [3.05, 3.63) is 0 Å². The highest BCUT2D eigenvalue weighted by atomic mass is 16.5. The van der Waals surface area contributed by atoms with E-state index in [1.165, 1.54) is 6.92 Å². The zero-order chi connectivity index (χ0) is 11.0. The molecule has 0 saturated heterocycles. The number of nitrogens with one attached hydrogen (secondary N) is 1. The summed E-state index contributed by atoms with van der Waals surface area (Å²) >= 11 is 0. The molecule has 0 aliphatic rings. The molecule has 0 spiro atoms. The van der Waals surface area contributed by atoms with E-state index in [0.717, 1.165) is 13.0 Å². The molecule has 0 saturated carbocycles. The van der Waals surface area contributed by atoms with Gasteiger partial charge in [0.15, 0.2) is 0 Å². The van der Waals surface area contributed by atoms with Crippen LogP contribution in [0.5, 0.6) is 0 Å². The third-order valence-electron chi connectivity index (χ3n) is 1.74. The fraction of sp³-hybridized carbons (Fsp3) is 0.889. The number of hydrogen-bond acceptors (Lipinski definition) is 5. The average molecular weight is 204 g/mol. The van der Waals surface area contributed by atoms with E-state index < -0.39 is 18.1 Å². The molecular weight excluding hydrogens is 184 g/mol. The van der Waals surface area contributed by atoms with Crippen molar-refractivity contribution in [2.24, 2.45) is 5.73 Å². The van der Waals surface area contributed by atoms with Crippen LogP contribution in [-0.2, 0) is 9.53 Å². The summed E-state index contributed by atoms with van der Waals surface area (Å²) in [5, 5.41) is 12.1. The number of carbonyl (C=O) groups is 1. The van der Waals surface area contributed by atoms with Gasteiger partial charge in [-0.1, -0.05) is 6.92 Å². The first-order valence-electron chi connectivity index (χ1n) is 4.90. The van der Waals surface area contributed by atoms with Crippen LogP contribution in [0.15, 0.2) is 0 Å². The van der Waals surface area contributed by atoms with Crippen molar-refractivity contribution in [1.29, 1.82) is 0 Å². The van der Waals surface area contributed by atoms with Crippen LogP contribution in [0.1, 0.15) is 20.3 Å². The van der Waals surface area contributed by atoms with E-state index in [-0.39, 0.29) is 0 Å². The maximum absolute atomic E-state index is 11.1. The lowest BCUT2D eigenvalue weighted by molar-refractivity contribution is -0.147. The molecule has 0 aromatic carbocycles. The molecule has 5 heteroatoms. The van der Waals surface area contributed by atoms with Crippen molar-refractivity contribution in [3.63, 3.8) is 0 Å². The van der Waals surface area contributed by atoms with Gasteiger partial charge < -0.3 is 20.9 Å². The fourth-order valence-electron chi connectivity index (χ4n) is 0.819. The minimum absolute atomic E-state index is 0.291. The summed E-state index contributed by atoms with van der Waals surface area (Å²) < 4.78 is 4.83. The lowest BCUT2D eigenvalue weighted by Gasteiger charge is -2.13. The summed E-state index contributed by atoms with van der Waals surface area (Å²) in [7, 11) is 0. The molecule has 0 bridgehead atoms. The van der Waals surface area contributed by atoms with Gasteiger partial charge in [-0.25, -0.2) is 0 Å². The lowest BCUT2D eigenvalue weighted by atomic mass is 10.2. The monoisotopic (exact) mass is 204 g/mol. The number of nitrogens with two attached hydrogens (primary N) is 1. The molecule has 84 valence electrons. The maximum atomic E-state index is 11.1. The number of aliphatic hydroxyl groups excluding tert-OH is 1. The Kier molecular flexibility index (Phi) is 7.37. The molecule has 4 N–H and O–H groups in total. The Morgan fingerprint density at radius 1 is 1.57 bits per heavy atom. The van der Waals surface area contributed by atoms with Crippen molar-refractivity contribution >= 4 is 5.97 Å². The number of hydrogen-bond donors (Lipinski definition) is 3. The Bertz CT molecular complexity index is 162. The predicted molar refractivity (Wildman–Crippen MR) is 53.8 cm³/mol. The number of aliphatic hydroxyl groups is 1. The van der Waals surface area contributed by atoms with Gasteiger partial charge >= 0.3 is 5.97 Å². The normalized spacial score (nSPS) is 14.9. The summed E-state index contributed by atoms with van der Waals surface area (Å²) in [6.07, 6.45) is 0.173. The molecular formula is C9H20N2O3. The molecule has 0 aromatic heterocycles. The predicted octanol–water partition coefficient (Wildman–Crippen LogP) is -0.763. The Morgan fingerprint density at radius 3 is 2.71 bits per heavy atom. The summed E-state index contributed by atoms with van der Waals surface area (Å²) in [6, 6.07) is -0.943. The SMILES string of the molecule is CCCNCCOC(=O)C(N)C(C)O. The standard InChI is InChI=1S/C9H20N2O3/c1-3-4-11-5-6-14-9(13)8(10)7(2)12/h7-8,11-12H,3-6,10H2,1-2H3. The summed E-state index contributed by atoms with van der Waals surface area (Å²) in [4.78, 5) is 11.1.